The van der Waals surface area contributed by atoms with E-state index in [4.69, 9.17) is 5.73 Å². The molecule has 0 unspecified atom stereocenters. The Morgan fingerprint density at radius 2 is 1.77 bits per heavy atom. The minimum atomic E-state index is -0.175. The number of rotatable bonds is 5. The molecule has 0 aromatic carbocycles. The molecule has 0 aromatic rings. The van der Waals surface area contributed by atoms with Crippen molar-refractivity contribution in [2.75, 3.05) is 7.05 Å². The lowest BCUT2D eigenvalue weighted by Gasteiger charge is -2.23. The van der Waals surface area contributed by atoms with Crippen LogP contribution in [0, 0.1) is 17.8 Å². The molecule has 2 aliphatic carbocycles. The summed E-state index contributed by atoms with van der Waals surface area (Å²) in [6, 6.07) is -0.0833. The van der Waals surface area contributed by atoms with E-state index in [0.717, 1.165) is 11.8 Å². The number of carbonyl (C=O) groups excluding carboxylic acids is 1. The van der Waals surface area contributed by atoms with Crippen LogP contribution in [0.2, 0.25) is 0 Å². The second kappa shape index (κ2) is 3.29. The van der Waals surface area contributed by atoms with Gasteiger partial charge in [0.05, 0.1) is 6.04 Å². The summed E-state index contributed by atoms with van der Waals surface area (Å²) in [7, 11) is 1.84. The van der Waals surface area contributed by atoms with Gasteiger partial charge in [-0.3, -0.25) is 4.79 Å². The van der Waals surface area contributed by atoms with E-state index in [0.29, 0.717) is 5.92 Å². The van der Waals surface area contributed by atoms with Gasteiger partial charge in [0.2, 0.25) is 5.91 Å². The van der Waals surface area contributed by atoms with E-state index in [-0.39, 0.29) is 11.9 Å². The zero-order chi connectivity index (χ0) is 9.42. The van der Waals surface area contributed by atoms with E-state index in [2.05, 4.69) is 5.32 Å². The first-order valence-corrected chi connectivity index (χ1v) is 5.20. The van der Waals surface area contributed by atoms with Crippen molar-refractivity contribution in [3.8, 4) is 0 Å². The number of primary amides is 1. The van der Waals surface area contributed by atoms with Crippen molar-refractivity contribution in [2.45, 2.75) is 31.7 Å². The molecule has 13 heavy (non-hydrogen) atoms. The maximum atomic E-state index is 11.2. The Bertz CT molecular complexity index is 197. The topological polar surface area (TPSA) is 55.1 Å². The highest BCUT2D eigenvalue weighted by Gasteiger charge is 2.46. The van der Waals surface area contributed by atoms with Gasteiger partial charge < -0.3 is 11.1 Å². The standard InChI is InChI=1S/C10H18N2O/c1-12-9(10(11)13)8(6-2-3-6)7-4-5-7/h6-9,12H,2-5H2,1H3,(H2,11,13)/t9-/m0/s1. The van der Waals surface area contributed by atoms with Crippen molar-refractivity contribution >= 4 is 5.91 Å². The highest BCUT2D eigenvalue weighted by Crippen LogP contribution is 2.50. The molecule has 0 aromatic heterocycles. The van der Waals surface area contributed by atoms with Gasteiger partial charge >= 0.3 is 0 Å². The number of hydrogen-bond donors (Lipinski definition) is 2. The van der Waals surface area contributed by atoms with Gasteiger partial charge in [-0.2, -0.15) is 0 Å². The van der Waals surface area contributed by atoms with Gasteiger partial charge in [-0.25, -0.2) is 0 Å². The monoisotopic (exact) mass is 182 g/mol. The zero-order valence-corrected chi connectivity index (χ0v) is 8.12. The number of nitrogens with two attached hydrogens (primary N) is 1. The summed E-state index contributed by atoms with van der Waals surface area (Å²) < 4.78 is 0. The van der Waals surface area contributed by atoms with Gasteiger partial charge in [-0.1, -0.05) is 0 Å². The molecule has 0 radical (unpaired) electrons. The smallest absolute Gasteiger partial charge is 0.234 e. The van der Waals surface area contributed by atoms with Crippen LogP contribution in [-0.2, 0) is 4.79 Å². The summed E-state index contributed by atoms with van der Waals surface area (Å²) in [6.07, 6.45) is 5.19. The predicted octanol–water partition coefficient (Wildman–Crippen LogP) is 0.496. The van der Waals surface area contributed by atoms with Crippen LogP contribution in [0.5, 0.6) is 0 Å². The molecule has 1 amide bonds. The molecule has 1 atom stereocenters. The fourth-order valence-corrected chi connectivity index (χ4v) is 2.42. The molecule has 0 bridgehead atoms. The molecular weight excluding hydrogens is 164 g/mol. The highest BCUT2D eigenvalue weighted by molar-refractivity contribution is 5.80. The molecule has 0 spiro atoms. The molecule has 2 rings (SSSR count). The van der Waals surface area contributed by atoms with Crippen LogP contribution in [0.15, 0.2) is 0 Å². The van der Waals surface area contributed by atoms with E-state index in [1.807, 2.05) is 7.05 Å². The van der Waals surface area contributed by atoms with Gasteiger partial charge in [0, 0.05) is 0 Å². The van der Waals surface area contributed by atoms with Gasteiger partial charge in [0.1, 0.15) is 0 Å². The Balaban J connectivity index is 2.02. The van der Waals surface area contributed by atoms with E-state index in [1.165, 1.54) is 25.7 Å². The first kappa shape index (κ1) is 9.00. The second-order valence-electron chi connectivity index (χ2n) is 4.42. The number of carbonyl (C=O) groups is 1. The summed E-state index contributed by atoms with van der Waals surface area (Å²) in [5.41, 5.74) is 5.38. The first-order valence-electron chi connectivity index (χ1n) is 5.20. The maximum Gasteiger partial charge on any atom is 0.234 e. The summed E-state index contributed by atoms with van der Waals surface area (Å²) in [6.45, 7) is 0. The van der Waals surface area contributed by atoms with Gasteiger partial charge in [-0.15, -0.1) is 0 Å². The minimum absolute atomic E-state index is 0.0833. The van der Waals surface area contributed by atoms with E-state index in [1.54, 1.807) is 0 Å². The Morgan fingerprint density at radius 3 is 2.00 bits per heavy atom. The summed E-state index contributed by atoms with van der Waals surface area (Å²) >= 11 is 0. The molecule has 2 saturated carbocycles. The van der Waals surface area contributed by atoms with Gasteiger partial charge in [-0.05, 0) is 50.5 Å². The van der Waals surface area contributed by atoms with E-state index < -0.39 is 0 Å². The molecule has 2 fully saturated rings. The van der Waals surface area contributed by atoms with Crippen molar-refractivity contribution < 1.29 is 4.79 Å². The maximum absolute atomic E-state index is 11.2. The van der Waals surface area contributed by atoms with Crippen LogP contribution >= 0.6 is 0 Å². The van der Waals surface area contributed by atoms with E-state index in [9.17, 15) is 4.79 Å². The van der Waals surface area contributed by atoms with Crippen molar-refractivity contribution in [1.29, 1.82) is 0 Å². The Morgan fingerprint density at radius 1 is 1.31 bits per heavy atom. The van der Waals surface area contributed by atoms with Crippen LogP contribution in [0.25, 0.3) is 0 Å². The third kappa shape index (κ3) is 1.85. The Hall–Kier alpha value is -0.570. The lowest BCUT2D eigenvalue weighted by molar-refractivity contribution is -0.121. The summed E-state index contributed by atoms with van der Waals surface area (Å²) in [5, 5.41) is 3.07. The lowest BCUT2D eigenvalue weighted by atomic mass is 9.89. The molecule has 0 heterocycles. The molecule has 3 heteroatoms. The number of likely N-dealkylation sites (N-methyl/N-ethyl adjacent to an activating group) is 1. The average Bonchev–Trinajstić information content (AvgIpc) is 2.93. The lowest BCUT2D eigenvalue weighted by Crippen LogP contribution is -2.46. The number of amides is 1. The number of nitrogens with one attached hydrogen (secondary N) is 1. The highest BCUT2D eigenvalue weighted by atomic mass is 16.1. The summed E-state index contributed by atoms with van der Waals surface area (Å²) in [5.74, 6) is 1.91. The quantitative estimate of drug-likeness (QED) is 0.650. The molecule has 2 aliphatic rings. The van der Waals surface area contributed by atoms with Crippen molar-refractivity contribution in [1.82, 2.24) is 5.32 Å². The SMILES string of the molecule is CN[C@H](C(N)=O)C(C1CC1)C1CC1. The minimum Gasteiger partial charge on any atom is -0.368 e. The van der Waals surface area contributed by atoms with Crippen LogP contribution in [0.1, 0.15) is 25.7 Å². The summed E-state index contributed by atoms with van der Waals surface area (Å²) in [4.78, 5) is 11.2. The molecular formula is C10H18N2O. The van der Waals surface area contributed by atoms with Crippen molar-refractivity contribution in [2.24, 2.45) is 23.5 Å². The predicted molar refractivity (Wildman–Crippen MR) is 51.0 cm³/mol. The van der Waals surface area contributed by atoms with Crippen LogP contribution in [-0.4, -0.2) is 19.0 Å². The normalized spacial score (nSPS) is 24.8. The van der Waals surface area contributed by atoms with Crippen LogP contribution in [0.3, 0.4) is 0 Å². The molecule has 0 aliphatic heterocycles. The third-order valence-corrected chi connectivity index (χ3v) is 3.34. The zero-order valence-electron chi connectivity index (χ0n) is 8.12. The Labute approximate surface area is 79.1 Å². The van der Waals surface area contributed by atoms with Crippen molar-refractivity contribution in [3.05, 3.63) is 0 Å². The fourth-order valence-electron chi connectivity index (χ4n) is 2.42. The third-order valence-electron chi connectivity index (χ3n) is 3.34. The van der Waals surface area contributed by atoms with E-state index >= 15 is 0 Å². The van der Waals surface area contributed by atoms with Gasteiger partial charge in [0.15, 0.2) is 0 Å². The fraction of sp³-hybridized carbons (Fsp3) is 0.900. The Kier molecular flexibility index (Phi) is 2.28. The average molecular weight is 182 g/mol. The molecule has 3 nitrogen and oxygen atoms in total. The largest absolute Gasteiger partial charge is 0.368 e. The first-order chi connectivity index (χ1) is 6.24. The number of hydrogen-bond acceptors (Lipinski definition) is 2. The van der Waals surface area contributed by atoms with Crippen molar-refractivity contribution in [3.63, 3.8) is 0 Å². The van der Waals surface area contributed by atoms with Gasteiger partial charge in [0.25, 0.3) is 0 Å². The molecule has 3 N–H and O–H groups in total. The van der Waals surface area contributed by atoms with Crippen LogP contribution < -0.4 is 11.1 Å². The molecule has 0 saturated heterocycles. The van der Waals surface area contributed by atoms with Crippen LogP contribution in [0.4, 0.5) is 0 Å². The molecule has 74 valence electrons. The second-order valence-corrected chi connectivity index (χ2v) is 4.42.